The van der Waals surface area contributed by atoms with Gasteiger partial charge in [-0.05, 0) is 32.6 Å². The molecule has 0 fully saturated rings. The van der Waals surface area contributed by atoms with E-state index >= 15 is 0 Å². The topological polar surface area (TPSA) is 23.8 Å². The van der Waals surface area contributed by atoms with Crippen LogP contribution in [0.3, 0.4) is 0 Å². The van der Waals surface area contributed by atoms with Gasteiger partial charge in [-0.3, -0.25) is 0 Å². The first-order valence-corrected chi connectivity index (χ1v) is 6.85. The predicted molar refractivity (Wildman–Crippen MR) is 71.1 cm³/mol. The van der Waals surface area contributed by atoms with Gasteiger partial charge in [0.05, 0.1) is 6.07 Å². The third-order valence-corrected chi connectivity index (χ3v) is 2.85. The van der Waals surface area contributed by atoms with Crippen molar-refractivity contribution in [2.24, 2.45) is 5.92 Å². The molecule has 0 aliphatic rings. The van der Waals surface area contributed by atoms with Crippen molar-refractivity contribution in [3.8, 4) is 6.07 Å². The lowest BCUT2D eigenvalue weighted by atomic mass is 10.0. The lowest BCUT2D eigenvalue weighted by Crippen LogP contribution is -1.89. The lowest BCUT2D eigenvalue weighted by molar-refractivity contribution is 0.551. The SMILES string of the molecule is CCCC=CCCCCCCCC(C)C#N. The summed E-state index contributed by atoms with van der Waals surface area (Å²) in [6, 6.07) is 2.29. The Morgan fingerprint density at radius 3 is 2.31 bits per heavy atom. The number of unbranched alkanes of at least 4 members (excludes halogenated alkanes) is 6. The molecule has 0 bridgehead atoms. The van der Waals surface area contributed by atoms with Crippen molar-refractivity contribution in [2.75, 3.05) is 0 Å². The number of hydrogen-bond acceptors (Lipinski definition) is 1. The van der Waals surface area contributed by atoms with E-state index in [0.717, 1.165) is 6.42 Å². The normalized spacial score (nSPS) is 12.8. The summed E-state index contributed by atoms with van der Waals surface area (Å²) < 4.78 is 0. The average Bonchev–Trinajstić information content (AvgIpc) is 2.31. The second-order valence-corrected chi connectivity index (χ2v) is 4.64. The van der Waals surface area contributed by atoms with E-state index in [4.69, 9.17) is 5.26 Å². The van der Waals surface area contributed by atoms with Gasteiger partial charge >= 0.3 is 0 Å². The van der Waals surface area contributed by atoms with Gasteiger partial charge in [-0.15, -0.1) is 0 Å². The van der Waals surface area contributed by atoms with E-state index < -0.39 is 0 Å². The summed E-state index contributed by atoms with van der Waals surface area (Å²) in [5, 5.41) is 8.62. The lowest BCUT2D eigenvalue weighted by Gasteiger charge is -2.01. The molecule has 0 aliphatic carbocycles. The molecule has 0 radical (unpaired) electrons. The zero-order valence-electron chi connectivity index (χ0n) is 11.0. The molecule has 0 aromatic carbocycles. The summed E-state index contributed by atoms with van der Waals surface area (Å²) in [4.78, 5) is 0. The number of nitriles is 1. The van der Waals surface area contributed by atoms with Crippen molar-refractivity contribution in [3.63, 3.8) is 0 Å². The van der Waals surface area contributed by atoms with Crippen LogP contribution in [0.1, 0.15) is 71.6 Å². The predicted octanol–water partition coefficient (Wildman–Crippen LogP) is 5.23. The van der Waals surface area contributed by atoms with Crippen LogP contribution in [-0.2, 0) is 0 Å². The summed E-state index contributed by atoms with van der Waals surface area (Å²) in [6.45, 7) is 4.23. The zero-order valence-corrected chi connectivity index (χ0v) is 11.0. The third-order valence-electron chi connectivity index (χ3n) is 2.85. The molecule has 92 valence electrons. The van der Waals surface area contributed by atoms with E-state index in [1.807, 2.05) is 6.92 Å². The van der Waals surface area contributed by atoms with Gasteiger partial charge in [0.1, 0.15) is 0 Å². The van der Waals surface area contributed by atoms with Gasteiger partial charge in [-0.2, -0.15) is 5.26 Å². The highest BCUT2D eigenvalue weighted by Crippen LogP contribution is 2.11. The highest BCUT2D eigenvalue weighted by atomic mass is 14.3. The maximum atomic E-state index is 8.62. The highest BCUT2D eigenvalue weighted by Gasteiger charge is 1.98. The fraction of sp³-hybridized carbons (Fsp3) is 0.800. The van der Waals surface area contributed by atoms with Gasteiger partial charge in [0.25, 0.3) is 0 Å². The van der Waals surface area contributed by atoms with Crippen LogP contribution < -0.4 is 0 Å². The first-order valence-electron chi connectivity index (χ1n) is 6.85. The Hall–Kier alpha value is -0.770. The largest absolute Gasteiger partial charge is 0.198 e. The number of rotatable bonds is 10. The number of hydrogen-bond donors (Lipinski definition) is 0. The Morgan fingerprint density at radius 2 is 1.62 bits per heavy atom. The minimum Gasteiger partial charge on any atom is -0.198 e. The Labute approximate surface area is 102 Å². The van der Waals surface area contributed by atoms with E-state index in [0.29, 0.717) is 0 Å². The van der Waals surface area contributed by atoms with Gasteiger partial charge in [0, 0.05) is 5.92 Å². The van der Waals surface area contributed by atoms with Gasteiger partial charge in [0.2, 0.25) is 0 Å². The molecule has 1 heteroatoms. The molecule has 0 amide bonds. The number of allylic oxidation sites excluding steroid dienone is 2. The molecule has 0 saturated carbocycles. The van der Waals surface area contributed by atoms with E-state index in [9.17, 15) is 0 Å². The summed E-state index contributed by atoms with van der Waals surface area (Å²) in [6.07, 6.45) is 16.0. The molecule has 0 rings (SSSR count). The Kier molecular flexibility index (Phi) is 11.7. The first-order chi connectivity index (χ1) is 7.81. The summed E-state index contributed by atoms with van der Waals surface area (Å²) >= 11 is 0. The molecule has 1 nitrogen and oxygen atoms in total. The molecule has 1 unspecified atom stereocenters. The molecule has 16 heavy (non-hydrogen) atoms. The van der Waals surface area contributed by atoms with Crippen LogP contribution in [0.4, 0.5) is 0 Å². The first kappa shape index (κ1) is 15.2. The molecule has 0 aromatic rings. The maximum Gasteiger partial charge on any atom is 0.0652 e. The Morgan fingerprint density at radius 1 is 1.00 bits per heavy atom. The van der Waals surface area contributed by atoms with Crippen molar-refractivity contribution >= 4 is 0 Å². The van der Waals surface area contributed by atoms with E-state index in [1.165, 1.54) is 51.4 Å². The molecule has 0 heterocycles. The summed E-state index contributed by atoms with van der Waals surface area (Å²) in [7, 11) is 0. The van der Waals surface area contributed by atoms with Gasteiger partial charge in [-0.1, -0.05) is 51.2 Å². The molecule has 0 N–H and O–H groups in total. The fourth-order valence-electron chi connectivity index (χ4n) is 1.71. The minimum absolute atomic E-state index is 0.247. The summed E-state index contributed by atoms with van der Waals surface area (Å²) in [5.41, 5.74) is 0. The zero-order chi connectivity index (χ0) is 12.1. The van der Waals surface area contributed by atoms with Crippen LogP contribution in [0.5, 0.6) is 0 Å². The third kappa shape index (κ3) is 11.3. The standard InChI is InChI=1S/C15H27N/c1-3-4-5-6-7-8-9-10-11-12-13-15(2)14-16/h5-6,15H,3-4,7-13H2,1-2H3. The fourth-order valence-corrected chi connectivity index (χ4v) is 1.71. The van der Waals surface area contributed by atoms with Crippen molar-refractivity contribution in [1.82, 2.24) is 0 Å². The van der Waals surface area contributed by atoms with E-state index in [2.05, 4.69) is 25.1 Å². The molecule has 0 saturated heterocycles. The van der Waals surface area contributed by atoms with Gasteiger partial charge < -0.3 is 0 Å². The molecule has 0 aromatic heterocycles. The molecular formula is C15H27N. The van der Waals surface area contributed by atoms with Crippen LogP contribution >= 0.6 is 0 Å². The minimum atomic E-state index is 0.247. The van der Waals surface area contributed by atoms with Crippen LogP contribution in [0, 0.1) is 17.2 Å². The van der Waals surface area contributed by atoms with E-state index in [1.54, 1.807) is 0 Å². The molecule has 1 atom stereocenters. The average molecular weight is 221 g/mol. The summed E-state index contributed by atoms with van der Waals surface area (Å²) in [5.74, 6) is 0.247. The second kappa shape index (κ2) is 12.3. The van der Waals surface area contributed by atoms with Crippen molar-refractivity contribution < 1.29 is 0 Å². The quantitative estimate of drug-likeness (QED) is 0.366. The van der Waals surface area contributed by atoms with Crippen LogP contribution in [-0.4, -0.2) is 0 Å². The monoisotopic (exact) mass is 221 g/mol. The van der Waals surface area contributed by atoms with Crippen LogP contribution in [0.25, 0.3) is 0 Å². The number of nitrogens with zero attached hydrogens (tertiary/aromatic N) is 1. The maximum absolute atomic E-state index is 8.62. The van der Waals surface area contributed by atoms with E-state index in [-0.39, 0.29) is 5.92 Å². The molecule has 0 spiro atoms. The van der Waals surface area contributed by atoms with Gasteiger partial charge in [-0.25, -0.2) is 0 Å². The molecule has 0 aliphatic heterocycles. The van der Waals surface area contributed by atoms with Crippen LogP contribution in [0.2, 0.25) is 0 Å². The smallest absolute Gasteiger partial charge is 0.0652 e. The van der Waals surface area contributed by atoms with Crippen LogP contribution in [0.15, 0.2) is 12.2 Å². The highest BCUT2D eigenvalue weighted by molar-refractivity contribution is 4.80. The van der Waals surface area contributed by atoms with Crippen molar-refractivity contribution in [3.05, 3.63) is 12.2 Å². The van der Waals surface area contributed by atoms with Gasteiger partial charge in [0.15, 0.2) is 0 Å². The Balaban J connectivity index is 3.07. The van der Waals surface area contributed by atoms with Crippen molar-refractivity contribution in [1.29, 1.82) is 5.26 Å². The second-order valence-electron chi connectivity index (χ2n) is 4.64. The Bertz CT molecular complexity index is 200. The molecular weight excluding hydrogens is 194 g/mol. The van der Waals surface area contributed by atoms with Crippen molar-refractivity contribution in [2.45, 2.75) is 71.6 Å².